The fourth-order valence-electron chi connectivity index (χ4n) is 2.46. The van der Waals surface area contributed by atoms with Crippen LogP contribution in [0.3, 0.4) is 0 Å². The normalized spacial score (nSPS) is 21.4. The number of carbonyl (C=O) groups is 1. The molecule has 2 aromatic rings. The second kappa shape index (κ2) is 5.40. The average molecular weight is 305 g/mol. The highest BCUT2D eigenvalue weighted by Crippen LogP contribution is 2.33. The molecule has 1 atom stereocenters. The molecule has 0 saturated carbocycles. The fraction of sp³-hybridized carbons (Fsp3) is 0.400. The van der Waals surface area contributed by atoms with E-state index in [0.717, 1.165) is 0 Å². The van der Waals surface area contributed by atoms with Crippen LogP contribution in [0.2, 0.25) is 0 Å². The molecule has 0 bridgehead atoms. The van der Waals surface area contributed by atoms with Crippen molar-refractivity contribution in [2.45, 2.75) is 25.4 Å². The zero-order valence-electron chi connectivity index (χ0n) is 12.4. The molecule has 1 unspecified atom stereocenters. The van der Waals surface area contributed by atoms with Crippen molar-refractivity contribution in [2.75, 3.05) is 13.6 Å². The third-order valence-corrected chi connectivity index (χ3v) is 3.87. The number of hydrogen-bond donors (Lipinski definition) is 0. The van der Waals surface area contributed by atoms with Gasteiger partial charge in [-0.25, -0.2) is 4.39 Å². The lowest BCUT2D eigenvalue weighted by Crippen LogP contribution is -2.33. The van der Waals surface area contributed by atoms with E-state index in [1.165, 1.54) is 12.1 Å². The van der Waals surface area contributed by atoms with Crippen molar-refractivity contribution in [3.8, 4) is 5.75 Å². The number of amides is 1. The Labute approximate surface area is 126 Å². The number of likely N-dealkylation sites (N-methyl/N-ethyl adjacent to an activating group) is 1. The van der Waals surface area contributed by atoms with E-state index in [0.29, 0.717) is 30.4 Å². The molecular formula is C15H16FN3O3. The number of nitrogens with zero attached hydrogens (tertiary/aromatic N) is 3. The van der Waals surface area contributed by atoms with Crippen LogP contribution >= 0.6 is 0 Å². The Kier molecular flexibility index (Phi) is 3.56. The summed E-state index contributed by atoms with van der Waals surface area (Å²) in [4.78, 5) is 18.1. The van der Waals surface area contributed by atoms with Gasteiger partial charge in [0.1, 0.15) is 17.0 Å². The standard InChI is InChI=1S/C15H16FN3O3/c1-15(6-7-19(2)14(15)20)13-17-12(18-22-13)9-21-11-5-3-4-10(16)8-11/h3-5,8H,6-7,9H2,1-2H3. The molecule has 0 spiro atoms. The van der Waals surface area contributed by atoms with E-state index in [4.69, 9.17) is 9.26 Å². The van der Waals surface area contributed by atoms with Gasteiger partial charge in [0, 0.05) is 19.7 Å². The predicted octanol–water partition coefficient (Wildman–Crippen LogP) is 1.91. The lowest BCUT2D eigenvalue weighted by atomic mass is 9.89. The number of benzene rings is 1. The van der Waals surface area contributed by atoms with Gasteiger partial charge < -0.3 is 14.2 Å². The van der Waals surface area contributed by atoms with Gasteiger partial charge in [0.25, 0.3) is 0 Å². The van der Waals surface area contributed by atoms with Gasteiger partial charge in [-0.1, -0.05) is 11.2 Å². The third-order valence-electron chi connectivity index (χ3n) is 3.87. The molecule has 6 nitrogen and oxygen atoms in total. The molecule has 7 heteroatoms. The van der Waals surface area contributed by atoms with Crippen molar-refractivity contribution in [1.29, 1.82) is 0 Å². The van der Waals surface area contributed by atoms with Gasteiger partial charge in [0.2, 0.25) is 17.6 Å². The predicted molar refractivity (Wildman–Crippen MR) is 74.6 cm³/mol. The van der Waals surface area contributed by atoms with Gasteiger partial charge in [0.15, 0.2) is 6.61 Å². The van der Waals surface area contributed by atoms with E-state index in [2.05, 4.69) is 10.1 Å². The molecule has 1 aliphatic heterocycles. The Hall–Kier alpha value is -2.44. The number of likely N-dealkylation sites (tertiary alicyclic amines) is 1. The van der Waals surface area contributed by atoms with Crippen molar-refractivity contribution in [3.05, 3.63) is 41.8 Å². The van der Waals surface area contributed by atoms with Crippen molar-refractivity contribution in [3.63, 3.8) is 0 Å². The molecule has 0 N–H and O–H groups in total. The second-order valence-electron chi connectivity index (χ2n) is 5.57. The summed E-state index contributed by atoms with van der Waals surface area (Å²) >= 11 is 0. The molecule has 3 rings (SSSR count). The number of halogens is 1. The maximum Gasteiger partial charge on any atom is 0.242 e. The van der Waals surface area contributed by atoms with Crippen molar-refractivity contribution < 1.29 is 18.4 Å². The molecule has 22 heavy (non-hydrogen) atoms. The number of rotatable bonds is 4. The summed E-state index contributed by atoms with van der Waals surface area (Å²) in [5.74, 6) is 0.587. The van der Waals surface area contributed by atoms with E-state index in [1.807, 2.05) is 0 Å². The van der Waals surface area contributed by atoms with Gasteiger partial charge in [-0.05, 0) is 25.5 Å². The molecule has 0 aliphatic carbocycles. The lowest BCUT2D eigenvalue weighted by Gasteiger charge is -2.16. The highest BCUT2D eigenvalue weighted by atomic mass is 19.1. The topological polar surface area (TPSA) is 68.5 Å². The second-order valence-corrected chi connectivity index (χ2v) is 5.57. The van der Waals surface area contributed by atoms with Crippen LogP contribution in [0.4, 0.5) is 4.39 Å². The molecule has 116 valence electrons. The first-order chi connectivity index (χ1) is 10.5. The summed E-state index contributed by atoms with van der Waals surface area (Å²) < 4.78 is 23.7. The zero-order valence-corrected chi connectivity index (χ0v) is 12.4. The minimum absolute atomic E-state index is 0.0336. The van der Waals surface area contributed by atoms with E-state index in [-0.39, 0.29) is 18.3 Å². The van der Waals surface area contributed by atoms with Crippen LogP contribution in [0.15, 0.2) is 28.8 Å². The summed E-state index contributed by atoms with van der Waals surface area (Å²) in [6.45, 7) is 2.50. The van der Waals surface area contributed by atoms with E-state index >= 15 is 0 Å². The summed E-state index contributed by atoms with van der Waals surface area (Å²) in [6, 6.07) is 5.81. The Bertz CT molecular complexity index is 703. The van der Waals surface area contributed by atoms with Gasteiger partial charge in [-0.3, -0.25) is 4.79 Å². The largest absolute Gasteiger partial charge is 0.485 e. The minimum atomic E-state index is -0.779. The Morgan fingerprint density at radius 3 is 3.00 bits per heavy atom. The van der Waals surface area contributed by atoms with Crippen LogP contribution in [0.25, 0.3) is 0 Å². The van der Waals surface area contributed by atoms with E-state index in [9.17, 15) is 9.18 Å². The Morgan fingerprint density at radius 1 is 1.50 bits per heavy atom. The van der Waals surface area contributed by atoms with Crippen LogP contribution in [0, 0.1) is 5.82 Å². The average Bonchev–Trinajstić information content (AvgIpc) is 3.07. The zero-order chi connectivity index (χ0) is 15.7. The van der Waals surface area contributed by atoms with Crippen LogP contribution in [0.5, 0.6) is 5.75 Å². The monoisotopic (exact) mass is 305 g/mol. The summed E-state index contributed by atoms with van der Waals surface area (Å²) in [5.41, 5.74) is -0.779. The highest BCUT2D eigenvalue weighted by Gasteiger charge is 2.47. The fourth-order valence-corrected chi connectivity index (χ4v) is 2.46. The first-order valence-corrected chi connectivity index (χ1v) is 6.96. The molecule has 1 saturated heterocycles. The smallest absolute Gasteiger partial charge is 0.242 e. The molecule has 1 aromatic carbocycles. The summed E-state index contributed by atoms with van der Waals surface area (Å²) in [5, 5.41) is 3.83. The summed E-state index contributed by atoms with van der Waals surface area (Å²) in [7, 11) is 1.75. The van der Waals surface area contributed by atoms with Crippen molar-refractivity contribution in [1.82, 2.24) is 15.0 Å². The molecule has 1 aromatic heterocycles. The maximum absolute atomic E-state index is 13.1. The van der Waals surface area contributed by atoms with Gasteiger partial charge in [-0.15, -0.1) is 0 Å². The number of ether oxygens (including phenoxy) is 1. The van der Waals surface area contributed by atoms with Gasteiger partial charge in [0.05, 0.1) is 0 Å². The highest BCUT2D eigenvalue weighted by molar-refractivity contribution is 5.88. The van der Waals surface area contributed by atoms with Gasteiger partial charge >= 0.3 is 0 Å². The molecule has 2 heterocycles. The Morgan fingerprint density at radius 2 is 2.32 bits per heavy atom. The first kappa shape index (κ1) is 14.5. The van der Waals surface area contributed by atoms with Crippen LogP contribution in [-0.4, -0.2) is 34.5 Å². The Balaban J connectivity index is 1.70. The summed E-state index contributed by atoms with van der Waals surface area (Å²) in [6.07, 6.45) is 0.634. The molecular weight excluding hydrogens is 289 g/mol. The number of hydrogen-bond acceptors (Lipinski definition) is 5. The van der Waals surface area contributed by atoms with Gasteiger partial charge in [-0.2, -0.15) is 4.98 Å². The van der Waals surface area contributed by atoms with E-state index < -0.39 is 5.41 Å². The number of aromatic nitrogens is 2. The first-order valence-electron chi connectivity index (χ1n) is 6.96. The van der Waals surface area contributed by atoms with Crippen molar-refractivity contribution in [2.24, 2.45) is 0 Å². The molecule has 1 aliphatic rings. The molecule has 1 fully saturated rings. The third kappa shape index (κ3) is 2.54. The van der Waals surface area contributed by atoms with E-state index in [1.54, 1.807) is 31.0 Å². The van der Waals surface area contributed by atoms with Crippen LogP contribution < -0.4 is 4.74 Å². The number of carbonyl (C=O) groups excluding carboxylic acids is 1. The lowest BCUT2D eigenvalue weighted by molar-refractivity contribution is -0.131. The molecule has 0 radical (unpaired) electrons. The quantitative estimate of drug-likeness (QED) is 0.863. The van der Waals surface area contributed by atoms with Crippen LogP contribution in [0.1, 0.15) is 25.1 Å². The minimum Gasteiger partial charge on any atom is -0.485 e. The van der Waals surface area contributed by atoms with Crippen molar-refractivity contribution >= 4 is 5.91 Å². The maximum atomic E-state index is 13.1. The SMILES string of the molecule is CN1CCC(C)(c2nc(COc3cccc(F)c3)no2)C1=O. The molecule has 1 amide bonds. The van der Waals surface area contributed by atoms with Crippen LogP contribution in [-0.2, 0) is 16.8 Å².